The maximum absolute atomic E-state index is 13.4. The molecule has 0 saturated heterocycles. The van der Waals surface area contributed by atoms with Gasteiger partial charge in [-0.05, 0) is 71.4 Å². The highest BCUT2D eigenvalue weighted by Gasteiger charge is 2.31. The third-order valence-corrected chi connectivity index (χ3v) is 7.04. The lowest BCUT2D eigenvalue weighted by Crippen LogP contribution is -2.52. The van der Waals surface area contributed by atoms with E-state index >= 15 is 0 Å². The predicted octanol–water partition coefficient (Wildman–Crippen LogP) is 6.05. The number of hydrogen-bond donors (Lipinski definition) is 1. The summed E-state index contributed by atoms with van der Waals surface area (Å²) in [4.78, 5) is 28.3. The largest absolute Gasteiger partial charge is 0.483 e. The lowest BCUT2D eigenvalue weighted by atomic mass is 9.95. The summed E-state index contributed by atoms with van der Waals surface area (Å²) in [5, 5.41) is 3.78. The summed E-state index contributed by atoms with van der Waals surface area (Å²) in [6.45, 7) is 4.15. The van der Waals surface area contributed by atoms with Gasteiger partial charge >= 0.3 is 0 Å². The van der Waals surface area contributed by atoms with Crippen LogP contribution >= 0.6 is 27.5 Å². The number of halogens is 2. The van der Waals surface area contributed by atoms with Gasteiger partial charge in [-0.1, -0.05) is 62.1 Å². The molecule has 0 unspecified atom stereocenters. The van der Waals surface area contributed by atoms with Crippen LogP contribution in [0.25, 0.3) is 0 Å². The van der Waals surface area contributed by atoms with Gasteiger partial charge in [-0.15, -0.1) is 0 Å². The van der Waals surface area contributed by atoms with Gasteiger partial charge in [0.2, 0.25) is 5.91 Å². The molecular formula is C26H32BrClN2O3. The molecule has 3 rings (SSSR count). The summed E-state index contributed by atoms with van der Waals surface area (Å²) in [6, 6.07) is 12.7. The first-order valence-corrected chi connectivity index (χ1v) is 12.8. The minimum atomic E-state index is -0.559. The molecule has 1 N–H and O–H groups in total. The Morgan fingerprint density at radius 2 is 1.91 bits per heavy atom. The number of benzene rings is 2. The zero-order valence-corrected chi connectivity index (χ0v) is 21.6. The van der Waals surface area contributed by atoms with E-state index in [1.807, 2.05) is 38.1 Å². The fourth-order valence-corrected chi connectivity index (χ4v) is 5.05. The number of rotatable bonds is 9. The Bertz CT molecular complexity index is 962. The topological polar surface area (TPSA) is 58.6 Å². The van der Waals surface area contributed by atoms with Gasteiger partial charge in [-0.25, -0.2) is 0 Å². The molecule has 5 nitrogen and oxygen atoms in total. The summed E-state index contributed by atoms with van der Waals surface area (Å²) in [5.41, 5.74) is 2.10. The Labute approximate surface area is 210 Å². The lowest BCUT2D eigenvalue weighted by molar-refractivity contribution is -0.143. The van der Waals surface area contributed by atoms with E-state index in [0.29, 0.717) is 28.2 Å². The molecule has 7 heteroatoms. The number of amides is 2. The summed E-state index contributed by atoms with van der Waals surface area (Å²) >= 11 is 9.43. The third kappa shape index (κ3) is 7.21. The second-order valence-electron chi connectivity index (χ2n) is 8.58. The number of hydrogen-bond acceptors (Lipinski definition) is 3. The molecule has 0 heterocycles. The Hall–Kier alpha value is -2.05. The normalized spacial score (nSPS) is 15.0. The summed E-state index contributed by atoms with van der Waals surface area (Å²) in [6.07, 6.45) is 6.03. The van der Waals surface area contributed by atoms with E-state index in [0.717, 1.165) is 36.8 Å². The molecule has 1 aliphatic carbocycles. The minimum Gasteiger partial charge on any atom is -0.483 e. The lowest BCUT2D eigenvalue weighted by Gasteiger charge is -2.33. The van der Waals surface area contributed by atoms with Crippen LogP contribution in [0.5, 0.6) is 5.75 Å². The molecule has 0 aliphatic heterocycles. The second kappa shape index (κ2) is 12.4. The Kier molecular flexibility index (Phi) is 9.63. The quantitative estimate of drug-likeness (QED) is 0.425. The van der Waals surface area contributed by atoms with Gasteiger partial charge in [-0.3, -0.25) is 9.59 Å². The first-order valence-electron chi connectivity index (χ1n) is 11.6. The Morgan fingerprint density at radius 3 is 2.58 bits per heavy atom. The van der Waals surface area contributed by atoms with E-state index in [-0.39, 0.29) is 24.5 Å². The van der Waals surface area contributed by atoms with E-state index in [2.05, 4.69) is 21.2 Å². The molecule has 2 aromatic carbocycles. The van der Waals surface area contributed by atoms with Crippen LogP contribution in [0.1, 0.15) is 56.6 Å². The summed E-state index contributed by atoms with van der Waals surface area (Å²) < 4.78 is 6.47. The predicted molar refractivity (Wildman–Crippen MR) is 135 cm³/mol. The van der Waals surface area contributed by atoms with Gasteiger partial charge in [-0.2, -0.15) is 0 Å². The van der Waals surface area contributed by atoms with Crippen LogP contribution in [0.2, 0.25) is 5.02 Å². The van der Waals surface area contributed by atoms with Crippen molar-refractivity contribution in [1.82, 2.24) is 10.2 Å². The van der Waals surface area contributed by atoms with E-state index in [4.69, 9.17) is 16.3 Å². The van der Waals surface area contributed by atoms with Crippen LogP contribution in [-0.4, -0.2) is 35.4 Å². The molecule has 1 saturated carbocycles. The zero-order valence-electron chi connectivity index (χ0n) is 19.3. The van der Waals surface area contributed by atoms with Gasteiger partial charge < -0.3 is 15.0 Å². The zero-order chi connectivity index (χ0) is 23.8. The van der Waals surface area contributed by atoms with E-state index < -0.39 is 6.04 Å². The van der Waals surface area contributed by atoms with Crippen LogP contribution < -0.4 is 10.1 Å². The van der Waals surface area contributed by atoms with Crippen molar-refractivity contribution in [3.63, 3.8) is 0 Å². The number of carbonyl (C=O) groups is 2. The van der Waals surface area contributed by atoms with Crippen molar-refractivity contribution in [2.75, 3.05) is 6.61 Å². The molecule has 1 atom stereocenters. The van der Waals surface area contributed by atoms with Crippen molar-refractivity contribution in [3.8, 4) is 5.75 Å². The van der Waals surface area contributed by atoms with Gasteiger partial charge in [0.25, 0.3) is 5.91 Å². The van der Waals surface area contributed by atoms with Gasteiger partial charge in [0.1, 0.15) is 11.8 Å². The highest BCUT2D eigenvalue weighted by atomic mass is 79.9. The molecule has 2 amide bonds. The molecular weight excluding hydrogens is 504 g/mol. The number of aryl methyl sites for hydroxylation is 1. The SMILES string of the molecule is CC[C@@H](C(=O)NC1CCCCC1)N(Cc1ccccc1C)C(=O)COc1ccc(Cl)cc1Br. The van der Waals surface area contributed by atoms with Crippen LogP contribution in [0.4, 0.5) is 0 Å². The molecule has 2 aromatic rings. The molecule has 178 valence electrons. The summed E-state index contributed by atoms with van der Waals surface area (Å²) in [5.74, 6) is 0.216. The molecule has 0 radical (unpaired) electrons. The van der Waals surface area contributed by atoms with Crippen molar-refractivity contribution in [3.05, 3.63) is 63.1 Å². The van der Waals surface area contributed by atoms with Crippen molar-refractivity contribution < 1.29 is 14.3 Å². The fraction of sp³-hybridized carbons (Fsp3) is 0.462. The molecule has 0 spiro atoms. The van der Waals surface area contributed by atoms with Crippen LogP contribution in [0.15, 0.2) is 46.9 Å². The van der Waals surface area contributed by atoms with Crippen molar-refractivity contribution in [2.45, 2.75) is 71.0 Å². The minimum absolute atomic E-state index is 0.0843. The third-order valence-electron chi connectivity index (χ3n) is 6.18. The number of ether oxygens (including phenoxy) is 1. The van der Waals surface area contributed by atoms with Crippen LogP contribution in [0.3, 0.4) is 0 Å². The molecule has 0 bridgehead atoms. The number of nitrogens with one attached hydrogen (secondary N) is 1. The van der Waals surface area contributed by atoms with E-state index in [1.54, 1.807) is 23.1 Å². The van der Waals surface area contributed by atoms with Gasteiger partial charge in [0.05, 0.1) is 4.47 Å². The van der Waals surface area contributed by atoms with Crippen molar-refractivity contribution in [1.29, 1.82) is 0 Å². The number of carbonyl (C=O) groups excluding carboxylic acids is 2. The summed E-state index contributed by atoms with van der Waals surface area (Å²) in [7, 11) is 0. The fourth-order valence-electron chi connectivity index (χ4n) is 4.25. The average Bonchev–Trinajstić information content (AvgIpc) is 2.80. The van der Waals surface area contributed by atoms with Gasteiger partial charge in [0.15, 0.2) is 6.61 Å². The van der Waals surface area contributed by atoms with Crippen molar-refractivity contribution >= 4 is 39.3 Å². The van der Waals surface area contributed by atoms with Crippen LogP contribution in [0, 0.1) is 6.92 Å². The maximum Gasteiger partial charge on any atom is 0.261 e. The van der Waals surface area contributed by atoms with Crippen molar-refractivity contribution in [2.24, 2.45) is 0 Å². The highest BCUT2D eigenvalue weighted by molar-refractivity contribution is 9.10. The Morgan fingerprint density at radius 1 is 1.18 bits per heavy atom. The molecule has 1 aliphatic rings. The van der Waals surface area contributed by atoms with Gasteiger partial charge in [0, 0.05) is 17.6 Å². The number of nitrogens with zero attached hydrogens (tertiary/aromatic N) is 1. The maximum atomic E-state index is 13.4. The van der Waals surface area contributed by atoms with Crippen LogP contribution in [-0.2, 0) is 16.1 Å². The monoisotopic (exact) mass is 534 g/mol. The second-order valence-corrected chi connectivity index (χ2v) is 9.87. The standard InChI is InChI=1S/C26H32BrClN2O3/c1-3-23(26(32)29-21-11-5-4-6-12-21)30(16-19-10-8-7-9-18(19)2)25(31)17-33-24-14-13-20(28)15-22(24)27/h7-10,13-15,21,23H,3-6,11-12,16-17H2,1-2H3,(H,29,32)/t23-/m0/s1. The van der Waals surface area contributed by atoms with E-state index in [1.165, 1.54) is 6.42 Å². The highest BCUT2D eigenvalue weighted by Crippen LogP contribution is 2.28. The first-order chi connectivity index (χ1) is 15.9. The van der Waals surface area contributed by atoms with E-state index in [9.17, 15) is 9.59 Å². The first kappa shape index (κ1) is 25.6. The average molecular weight is 536 g/mol. The smallest absolute Gasteiger partial charge is 0.261 e. The molecule has 33 heavy (non-hydrogen) atoms. The Balaban J connectivity index is 1.78. The molecule has 1 fully saturated rings. The molecule has 0 aromatic heterocycles.